The molecule has 41 heavy (non-hydrogen) atoms. The molecule has 19 heteroatoms. The predicted molar refractivity (Wildman–Crippen MR) is 120 cm³/mol. The molecular weight excluding hydrogens is 576 g/mol. The van der Waals surface area contributed by atoms with Crippen LogP contribution >= 0.6 is 0 Å². The van der Waals surface area contributed by atoms with Crippen molar-refractivity contribution >= 4 is 11.9 Å². The van der Waals surface area contributed by atoms with E-state index in [1.54, 1.807) is 0 Å². The molecule has 0 spiro atoms. The van der Waals surface area contributed by atoms with E-state index in [-0.39, 0.29) is 43.9 Å². The van der Waals surface area contributed by atoms with Gasteiger partial charge in [0, 0.05) is 31.6 Å². The maximum Gasteiger partial charge on any atom is 0.451 e. The van der Waals surface area contributed by atoms with Crippen LogP contribution in [0.5, 0.6) is 0 Å². The Hall–Kier alpha value is -3.36. The van der Waals surface area contributed by atoms with E-state index in [2.05, 4.69) is 14.9 Å². The monoisotopic (exact) mass is 601 g/mol. The molecule has 2 aliphatic heterocycles. The first-order chi connectivity index (χ1) is 19.0. The fraction of sp³-hybridized carbons (Fsp3) is 0.545. The van der Waals surface area contributed by atoms with Gasteiger partial charge < -0.3 is 45.5 Å². The second-order valence-corrected chi connectivity index (χ2v) is 9.19. The number of carboxylic acids is 1. The largest absolute Gasteiger partial charge is 0.479 e. The van der Waals surface area contributed by atoms with Gasteiger partial charge in [0.25, 0.3) is 0 Å². The van der Waals surface area contributed by atoms with E-state index >= 15 is 0 Å². The zero-order valence-corrected chi connectivity index (χ0v) is 20.7. The number of nitrogens with zero attached hydrogens (tertiary/aromatic N) is 4. The first-order valence-electron chi connectivity index (χ1n) is 11.8. The minimum atomic E-state index is -4.64. The third-order valence-corrected chi connectivity index (χ3v) is 6.20. The van der Waals surface area contributed by atoms with Crippen LogP contribution in [0.15, 0.2) is 12.1 Å². The Morgan fingerprint density at radius 2 is 1.63 bits per heavy atom. The minimum Gasteiger partial charge on any atom is -0.479 e. The van der Waals surface area contributed by atoms with Crippen LogP contribution in [0, 0.1) is 17.5 Å². The van der Waals surface area contributed by atoms with Crippen molar-refractivity contribution in [3.8, 4) is 0 Å². The Bertz CT molecular complexity index is 1260. The van der Waals surface area contributed by atoms with Crippen LogP contribution in [0.4, 0.5) is 26.3 Å². The van der Waals surface area contributed by atoms with Crippen molar-refractivity contribution in [3.63, 3.8) is 0 Å². The number of amides is 1. The van der Waals surface area contributed by atoms with Crippen molar-refractivity contribution in [2.75, 3.05) is 6.54 Å². The van der Waals surface area contributed by atoms with E-state index in [9.17, 15) is 35.9 Å². The van der Waals surface area contributed by atoms with Crippen LogP contribution in [0.25, 0.3) is 0 Å². The molecule has 1 aromatic heterocycles. The smallest absolute Gasteiger partial charge is 0.451 e. The minimum absolute atomic E-state index is 0.000783. The average Bonchev–Trinajstić information content (AvgIpc) is 3.32. The number of ether oxygens (including phenoxy) is 1. The number of benzene rings is 1. The zero-order chi connectivity index (χ0) is 30.8. The summed E-state index contributed by atoms with van der Waals surface area (Å²) in [6.45, 7) is -0.302. The van der Waals surface area contributed by atoms with Gasteiger partial charge in [-0.2, -0.15) is 13.2 Å². The Morgan fingerprint density at radius 1 is 1.00 bits per heavy atom. The zero-order valence-electron chi connectivity index (χ0n) is 20.7. The number of carbonyl (C=O) groups excluding carboxylic acids is 1. The number of halogens is 6. The Morgan fingerprint density at radius 3 is 2.24 bits per heavy atom. The third-order valence-electron chi connectivity index (χ3n) is 6.20. The highest BCUT2D eigenvalue weighted by atomic mass is 19.4. The van der Waals surface area contributed by atoms with Crippen molar-refractivity contribution in [2.45, 2.75) is 68.9 Å². The van der Waals surface area contributed by atoms with Gasteiger partial charge in [-0.15, -0.1) is 10.2 Å². The summed E-state index contributed by atoms with van der Waals surface area (Å²) in [6, 6.07) is 0.184. The van der Waals surface area contributed by atoms with Gasteiger partial charge in [0.1, 0.15) is 24.1 Å². The van der Waals surface area contributed by atoms with Gasteiger partial charge in [0.05, 0.1) is 6.54 Å². The number of fused-ring (bicyclic) bond motifs is 1. The molecule has 1 fully saturated rings. The number of hydrogen-bond acceptors (Lipinski definition) is 10. The van der Waals surface area contributed by atoms with E-state index < -0.39 is 78.1 Å². The average molecular weight is 601 g/mol. The van der Waals surface area contributed by atoms with Crippen LogP contribution in [-0.2, 0) is 40.0 Å². The second kappa shape index (κ2) is 12.7. The van der Waals surface area contributed by atoms with Crippen molar-refractivity contribution in [1.82, 2.24) is 19.7 Å². The molecule has 0 unspecified atom stereocenters. The van der Waals surface area contributed by atoms with Gasteiger partial charge >= 0.3 is 12.1 Å². The maximum absolute atomic E-state index is 13.7. The maximum atomic E-state index is 13.7. The highest BCUT2D eigenvalue weighted by molar-refractivity contribution is 5.77. The molecule has 13 nitrogen and oxygen atoms in total. The summed E-state index contributed by atoms with van der Waals surface area (Å²) in [5, 5.41) is 51.0. The standard InChI is InChI=1S/C16H15F6N5O.C6H10O7/c17-10-6-12(19)11(18)4-8(10)3-9(23)5-14(28)26-1-2-27-13(7-26)24-25-15(27)16(20,21)22;7-1-2(8)4(5(10)11)13-6(12)3(1)9/h4,6,9H,1-3,5,7,23H2;1-4,6-9,12H,(H,10,11)/t9-;1-,2-,3+,4+,6+/m10/s1. The van der Waals surface area contributed by atoms with Crippen LogP contribution in [-0.4, -0.2) is 100 Å². The van der Waals surface area contributed by atoms with Crippen LogP contribution in [0.1, 0.15) is 23.6 Å². The Balaban J connectivity index is 0.000000298. The fourth-order valence-electron chi connectivity index (χ4n) is 4.07. The number of rotatable bonds is 5. The number of hydrogen-bond donors (Lipinski definition) is 6. The van der Waals surface area contributed by atoms with Crippen molar-refractivity contribution in [1.29, 1.82) is 0 Å². The van der Waals surface area contributed by atoms with E-state index in [0.717, 1.165) is 4.57 Å². The summed E-state index contributed by atoms with van der Waals surface area (Å²) < 4.78 is 83.6. The molecule has 4 rings (SSSR count). The second-order valence-electron chi connectivity index (χ2n) is 9.19. The summed E-state index contributed by atoms with van der Waals surface area (Å²) >= 11 is 0. The molecule has 2 aromatic rings. The normalized spacial score (nSPS) is 25.1. The van der Waals surface area contributed by atoms with Crippen molar-refractivity contribution in [3.05, 3.63) is 46.8 Å². The lowest BCUT2D eigenvalue weighted by atomic mass is 9.99. The number of aliphatic hydroxyl groups excluding tert-OH is 4. The number of alkyl halides is 3. The van der Waals surface area contributed by atoms with Crippen LogP contribution < -0.4 is 5.73 Å². The number of carbonyl (C=O) groups is 2. The van der Waals surface area contributed by atoms with Crippen molar-refractivity contribution < 1.29 is 66.2 Å². The molecule has 3 heterocycles. The van der Waals surface area contributed by atoms with E-state index in [1.165, 1.54) is 4.90 Å². The van der Waals surface area contributed by atoms with Gasteiger partial charge in [-0.3, -0.25) is 4.79 Å². The summed E-state index contributed by atoms with van der Waals surface area (Å²) in [5.41, 5.74) is 5.64. The predicted octanol–water partition coefficient (Wildman–Crippen LogP) is -1.11. The quantitative estimate of drug-likeness (QED) is 0.179. The summed E-state index contributed by atoms with van der Waals surface area (Å²) in [4.78, 5) is 24.0. The third kappa shape index (κ3) is 7.49. The molecule has 0 saturated carbocycles. The Kier molecular flexibility index (Phi) is 9.93. The highest BCUT2D eigenvalue weighted by Gasteiger charge is 2.46. The number of carboxylic acid groups (broad SMARTS) is 1. The van der Waals surface area contributed by atoms with E-state index in [4.69, 9.17) is 31.3 Å². The van der Waals surface area contributed by atoms with Crippen LogP contribution in [0.3, 0.4) is 0 Å². The number of aromatic nitrogens is 3. The van der Waals surface area contributed by atoms with Gasteiger partial charge in [-0.05, 0) is 18.1 Å². The molecule has 0 radical (unpaired) electrons. The first kappa shape index (κ1) is 32.2. The number of aliphatic hydroxyl groups is 4. The lowest BCUT2D eigenvalue weighted by Crippen LogP contribution is -2.59. The molecule has 228 valence electrons. The number of nitrogens with two attached hydrogens (primary N) is 1. The molecule has 2 aliphatic rings. The first-order valence-corrected chi connectivity index (χ1v) is 11.8. The van der Waals surface area contributed by atoms with Crippen molar-refractivity contribution in [2.24, 2.45) is 5.73 Å². The molecule has 1 amide bonds. The summed E-state index contributed by atoms with van der Waals surface area (Å²) in [7, 11) is 0. The molecule has 1 saturated heterocycles. The Labute approximate surface area is 226 Å². The molecule has 0 aliphatic carbocycles. The molecule has 0 bridgehead atoms. The molecule has 7 N–H and O–H groups in total. The SMILES string of the molecule is N[C@@H](CC(=O)N1CCn2c(nnc2C(F)(F)F)C1)Cc1cc(F)c(F)cc1F.O=C(O)[C@@H]1O[C@@H](O)[C@H](O)[C@@H](O)[C@@H]1O. The summed E-state index contributed by atoms with van der Waals surface area (Å²) in [6.07, 6.45) is -13.8. The highest BCUT2D eigenvalue weighted by Crippen LogP contribution is 2.29. The van der Waals surface area contributed by atoms with Gasteiger partial charge in [-0.25, -0.2) is 18.0 Å². The number of aliphatic carboxylic acids is 1. The van der Waals surface area contributed by atoms with E-state index in [1.807, 2.05) is 0 Å². The molecule has 6 atom stereocenters. The van der Waals surface area contributed by atoms with Gasteiger partial charge in [-0.1, -0.05) is 0 Å². The van der Waals surface area contributed by atoms with E-state index in [0.29, 0.717) is 12.1 Å². The lowest BCUT2D eigenvalue weighted by Gasteiger charge is -2.36. The molecular formula is C22H25F6N5O8. The molecule has 1 aromatic carbocycles. The van der Waals surface area contributed by atoms with Gasteiger partial charge in [0.15, 0.2) is 29.9 Å². The fourth-order valence-corrected chi connectivity index (χ4v) is 4.07. The van der Waals surface area contributed by atoms with Gasteiger partial charge in [0.2, 0.25) is 11.7 Å². The lowest BCUT2D eigenvalue weighted by molar-refractivity contribution is -0.279. The topological polar surface area (TPSA) is 204 Å². The van der Waals surface area contributed by atoms with Crippen LogP contribution in [0.2, 0.25) is 0 Å². The summed E-state index contributed by atoms with van der Waals surface area (Å²) in [5.74, 6) is -6.66.